The summed E-state index contributed by atoms with van der Waals surface area (Å²) in [4.78, 5) is 6.66. The molecule has 0 aromatic rings. The normalized spacial score (nSPS) is 28.3. The number of nitrogens with one attached hydrogen (secondary N) is 1. The molecule has 1 rings (SSSR count). The Morgan fingerprint density at radius 3 is 2.43 bits per heavy atom. The van der Waals surface area contributed by atoms with E-state index in [1.54, 1.807) is 0 Å². The molecule has 0 aliphatic carbocycles. The van der Waals surface area contributed by atoms with Crippen LogP contribution in [0.2, 0.25) is 0 Å². The minimum atomic E-state index is 0.732. The second kappa shape index (κ2) is 5.20. The largest absolute Gasteiger partial charge is 0.341 e. The van der Waals surface area contributed by atoms with Crippen LogP contribution in [-0.2, 0) is 0 Å². The van der Waals surface area contributed by atoms with Gasteiger partial charge < -0.3 is 4.90 Å². The third-order valence-corrected chi connectivity index (χ3v) is 2.90. The first-order valence-electron chi connectivity index (χ1n) is 5.45. The summed E-state index contributed by atoms with van der Waals surface area (Å²) in [6.07, 6.45) is 1.06. The van der Waals surface area contributed by atoms with Crippen molar-refractivity contribution >= 4 is 5.96 Å². The van der Waals surface area contributed by atoms with Crippen molar-refractivity contribution in [3.05, 3.63) is 0 Å². The van der Waals surface area contributed by atoms with Gasteiger partial charge in [-0.15, -0.1) is 0 Å². The number of nitrogens with two attached hydrogens (primary N) is 1. The smallest absolute Gasteiger partial charge is 0.208 e. The molecule has 4 nitrogen and oxygen atoms in total. The van der Waals surface area contributed by atoms with Crippen LogP contribution in [0.3, 0.4) is 0 Å². The second-order valence-corrected chi connectivity index (χ2v) is 4.21. The van der Waals surface area contributed by atoms with Gasteiger partial charge in [0.05, 0.1) is 0 Å². The summed E-state index contributed by atoms with van der Waals surface area (Å²) >= 11 is 0. The molecule has 2 atom stereocenters. The molecule has 0 aromatic carbocycles. The van der Waals surface area contributed by atoms with E-state index in [9.17, 15) is 0 Å². The van der Waals surface area contributed by atoms with Crippen LogP contribution in [-0.4, -0.2) is 30.5 Å². The Bertz CT molecular complexity index is 192. The lowest BCUT2D eigenvalue weighted by molar-refractivity contribution is 0.471. The maximum atomic E-state index is 5.46. The number of aliphatic imine (C=N–C) groups is 1. The zero-order chi connectivity index (χ0) is 10.6. The van der Waals surface area contributed by atoms with E-state index < -0.39 is 0 Å². The number of nitrogens with zero attached hydrogens (tertiary/aromatic N) is 2. The van der Waals surface area contributed by atoms with Crippen LogP contribution in [0.5, 0.6) is 0 Å². The van der Waals surface area contributed by atoms with Gasteiger partial charge in [-0.2, -0.15) is 0 Å². The molecule has 1 heterocycles. The van der Waals surface area contributed by atoms with E-state index in [1.807, 2.05) is 0 Å². The molecule has 0 amide bonds. The van der Waals surface area contributed by atoms with E-state index in [0.717, 1.165) is 43.9 Å². The van der Waals surface area contributed by atoms with Crippen molar-refractivity contribution < 1.29 is 0 Å². The molecule has 0 aromatic heterocycles. The predicted molar refractivity (Wildman–Crippen MR) is 59.8 cm³/mol. The number of guanidine groups is 1. The van der Waals surface area contributed by atoms with Crippen LogP contribution in [0.15, 0.2) is 4.99 Å². The van der Waals surface area contributed by atoms with Gasteiger partial charge in [-0.25, -0.2) is 5.84 Å². The molecule has 0 radical (unpaired) electrons. The maximum Gasteiger partial charge on any atom is 0.208 e. The molecule has 14 heavy (non-hydrogen) atoms. The van der Waals surface area contributed by atoms with E-state index in [-0.39, 0.29) is 0 Å². The average Bonchev–Trinajstić information content (AvgIpc) is 2.48. The van der Waals surface area contributed by atoms with E-state index in [1.165, 1.54) is 0 Å². The van der Waals surface area contributed by atoms with Crippen LogP contribution in [0.25, 0.3) is 0 Å². The summed E-state index contributed by atoms with van der Waals surface area (Å²) in [6.45, 7) is 9.64. The fraction of sp³-hybridized carbons (Fsp3) is 0.900. The minimum absolute atomic E-state index is 0.732. The van der Waals surface area contributed by atoms with Crippen LogP contribution in [0.4, 0.5) is 0 Å². The van der Waals surface area contributed by atoms with Gasteiger partial charge >= 0.3 is 0 Å². The lowest BCUT2D eigenvalue weighted by Crippen LogP contribution is -2.44. The van der Waals surface area contributed by atoms with Gasteiger partial charge in [-0.05, 0) is 18.3 Å². The summed E-state index contributed by atoms with van der Waals surface area (Å²) < 4.78 is 0. The number of hydrazine groups is 1. The first kappa shape index (κ1) is 11.3. The molecule has 4 heteroatoms. The monoisotopic (exact) mass is 198 g/mol. The number of hydrogen-bond acceptors (Lipinski definition) is 2. The van der Waals surface area contributed by atoms with E-state index in [2.05, 4.69) is 36.1 Å². The van der Waals surface area contributed by atoms with E-state index in [4.69, 9.17) is 5.84 Å². The molecule has 3 N–H and O–H groups in total. The second-order valence-electron chi connectivity index (χ2n) is 4.21. The Labute approximate surface area is 86.5 Å². The molecule has 0 saturated carbocycles. The Morgan fingerprint density at radius 1 is 1.43 bits per heavy atom. The maximum absolute atomic E-state index is 5.46. The Balaban J connectivity index is 2.54. The first-order valence-corrected chi connectivity index (χ1v) is 5.45. The first-order chi connectivity index (χ1) is 6.69. The fourth-order valence-electron chi connectivity index (χ4n) is 1.76. The van der Waals surface area contributed by atoms with Crippen molar-refractivity contribution in [3.8, 4) is 0 Å². The summed E-state index contributed by atoms with van der Waals surface area (Å²) in [5.74, 6) is 7.78. The lowest BCUT2D eigenvalue weighted by Gasteiger charge is -2.19. The highest BCUT2D eigenvalue weighted by molar-refractivity contribution is 5.79. The third-order valence-electron chi connectivity index (χ3n) is 2.90. The number of hydrogen-bond donors (Lipinski definition) is 2. The molecule has 1 fully saturated rings. The number of rotatable bonds is 2. The Kier molecular flexibility index (Phi) is 4.20. The summed E-state index contributed by atoms with van der Waals surface area (Å²) in [6, 6.07) is 0. The summed E-state index contributed by atoms with van der Waals surface area (Å²) in [7, 11) is 0. The Morgan fingerprint density at radius 2 is 2.00 bits per heavy atom. The fourth-order valence-corrected chi connectivity index (χ4v) is 1.76. The van der Waals surface area contributed by atoms with Gasteiger partial charge in [0.1, 0.15) is 0 Å². The standard InChI is InChI=1S/C10H22N4/c1-4-5-12-10(13-11)14-6-8(2)9(3)7-14/h8-9H,4-7,11H2,1-3H3,(H,12,13). The van der Waals surface area contributed by atoms with Crippen molar-refractivity contribution in [2.75, 3.05) is 19.6 Å². The van der Waals surface area contributed by atoms with Crippen molar-refractivity contribution in [2.24, 2.45) is 22.7 Å². The Hall–Kier alpha value is -0.770. The molecule has 82 valence electrons. The molecular weight excluding hydrogens is 176 g/mol. The summed E-state index contributed by atoms with van der Waals surface area (Å²) in [5, 5.41) is 0. The molecule has 0 spiro atoms. The molecule has 0 bridgehead atoms. The van der Waals surface area contributed by atoms with Gasteiger partial charge in [0, 0.05) is 19.6 Å². The predicted octanol–water partition coefficient (Wildman–Crippen LogP) is 0.804. The molecule has 2 unspecified atom stereocenters. The topological polar surface area (TPSA) is 53.6 Å². The van der Waals surface area contributed by atoms with Crippen LogP contribution < -0.4 is 11.3 Å². The minimum Gasteiger partial charge on any atom is -0.341 e. The van der Waals surface area contributed by atoms with Crippen molar-refractivity contribution in [2.45, 2.75) is 27.2 Å². The van der Waals surface area contributed by atoms with Crippen LogP contribution >= 0.6 is 0 Å². The molecule has 1 saturated heterocycles. The molecular formula is C10H22N4. The van der Waals surface area contributed by atoms with Gasteiger partial charge in [-0.3, -0.25) is 10.4 Å². The van der Waals surface area contributed by atoms with Gasteiger partial charge in [0.25, 0.3) is 0 Å². The van der Waals surface area contributed by atoms with Gasteiger partial charge in [-0.1, -0.05) is 20.8 Å². The number of likely N-dealkylation sites (tertiary alicyclic amines) is 1. The van der Waals surface area contributed by atoms with Crippen molar-refractivity contribution in [1.82, 2.24) is 10.3 Å². The molecule has 1 aliphatic rings. The average molecular weight is 198 g/mol. The zero-order valence-corrected chi connectivity index (χ0v) is 9.45. The third kappa shape index (κ3) is 2.61. The highest BCUT2D eigenvalue weighted by atomic mass is 15.4. The van der Waals surface area contributed by atoms with Gasteiger partial charge in [0.2, 0.25) is 5.96 Å². The highest BCUT2D eigenvalue weighted by Crippen LogP contribution is 2.21. The zero-order valence-electron chi connectivity index (χ0n) is 9.45. The SMILES string of the molecule is CCCN=C(NN)N1CC(C)C(C)C1. The van der Waals surface area contributed by atoms with Crippen molar-refractivity contribution in [1.29, 1.82) is 0 Å². The quantitative estimate of drug-likeness (QED) is 0.299. The van der Waals surface area contributed by atoms with E-state index >= 15 is 0 Å². The highest BCUT2D eigenvalue weighted by Gasteiger charge is 2.27. The van der Waals surface area contributed by atoms with E-state index in [0.29, 0.717) is 0 Å². The van der Waals surface area contributed by atoms with Crippen LogP contribution in [0, 0.1) is 11.8 Å². The van der Waals surface area contributed by atoms with Crippen molar-refractivity contribution in [3.63, 3.8) is 0 Å². The van der Waals surface area contributed by atoms with Gasteiger partial charge in [0.15, 0.2) is 0 Å². The summed E-state index contributed by atoms with van der Waals surface area (Å²) in [5.41, 5.74) is 2.70. The molecule has 1 aliphatic heterocycles. The van der Waals surface area contributed by atoms with Crippen LogP contribution in [0.1, 0.15) is 27.2 Å². The lowest BCUT2D eigenvalue weighted by atomic mass is 10.0.